The van der Waals surface area contributed by atoms with E-state index in [0.717, 1.165) is 0 Å². The number of Topliss-reactive ketones (excluding diaryl/α,β-unsaturated/α-hetero) is 1. The van der Waals surface area contributed by atoms with Crippen LogP contribution < -0.4 is 5.73 Å². The van der Waals surface area contributed by atoms with Crippen LogP contribution in [-0.2, 0) is 0 Å². The fourth-order valence-electron chi connectivity index (χ4n) is 2.06. The van der Waals surface area contributed by atoms with E-state index in [9.17, 15) is 4.79 Å². The molecule has 0 radical (unpaired) electrons. The zero-order valence-electron chi connectivity index (χ0n) is 10.4. The summed E-state index contributed by atoms with van der Waals surface area (Å²) in [5.41, 5.74) is 5.64. The van der Waals surface area contributed by atoms with Gasteiger partial charge in [0.05, 0.1) is 0 Å². The molecular formula is C13H20N2O. The first kappa shape index (κ1) is 12.8. The number of pyridine rings is 1. The zero-order chi connectivity index (χ0) is 12.4. The van der Waals surface area contributed by atoms with Gasteiger partial charge in [0.15, 0.2) is 5.78 Å². The number of hydrogen-bond donors (Lipinski definition) is 1. The fourth-order valence-corrected chi connectivity index (χ4v) is 2.06. The molecule has 0 atom stereocenters. The quantitative estimate of drug-likeness (QED) is 0.793. The average molecular weight is 220 g/mol. The van der Waals surface area contributed by atoms with E-state index in [1.54, 1.807) is 18.3 Å². The summed E-state index contributed by atoms with van der Waals surface area (Å²) in [6.45, 7) is 7.69. The highest BCUT2D eigenvalue weighted by molar-refractivity contribution is 5.98. The van der Waals surface area contributed by atoms with Gasteiger partial charge in [0, 0.05) is 17.2 Å². The molecule has 0 saturated carbocycles. The summed E-state index contributed by atoms with van der Waals surface area (Å²) in [6, 6.07) is 5.37. The Morgan fingerprint density at radius 3 is 2.38 bits per heavy atom. The first-order valence-corrected chi connectivity index (χ1v) is 5.47. The van der Waals surface area contributed by atoms with Crippen LogP contribution in [0, 0.1) is 5.41 Å². The van der Waals surface area contributed by atoms with Crippen LogP contribution in [0.3, 0.4) is 0 Å². The van der Waals surface area contributed by atoms with E-state index in [1.165, 1.54) is 0 Å². The van der Waals surface area contributed by atoms with Crippen molar-refractivity contribution in [1.29, 1.82) is 0 Å². The number of nitrogens with zero attached hydrogens (tertiary/aromatic N) is 1. The second-order valence-corrected chi connectivity index (χ2v) is 5.59. The van der Waals surface area contributed by atoms with Crippen LogP contribution in [0.2, 0.25) is 0 Å². The van der Waals surface area contributed by atoms with Crippen LogP contribution in [0.15, 0.2) is 24.4 Å². The van der Waals surface area contributed by atoms with Gasteiger partial charge in [-0.05, 0) is 32.4 Å². The summed E-state index contributed by atoms with van der Waals surface area (Å²) in [5.74, 6) is 0.0478. The molecule has 16 heavy (non-hydrogen) atoms. The van der Waals surface area contributed by atoms with E-state index < -0.39 is 5.41 Å². The molecule has 0 bridgehead atoms. The van der Waals surface area contributed by atoms with Crippen LogP contribution >= 0.6 is 0 Å². The van der Waals surface area contributed by atoms with Crippen molar-refractivity contribution in [1.82, 2.24) is 4.98 Å². The lowest BCUT2D eigenvalue weighted by Crippen LogP contribution is -2.40. The van der Waals surface area contributed by atoms with Gasteiger partial charge in [-0.2, -0.15) is 0 Å². The lowest BCUT2D eigenvalue weighted by Gasteiger charge is -2.30. The number of rotatable bonds is 4. The van der Waals surface area contributed by atoms with Gasteiger partial charge < -0.3 is 5.73 Å². The van der Waals surface area contributed by atoms with Crippen molar-refractivity contribution in [2.75, 3.05) is 0 Å². The highest BCUT2D eigenvalue weighted by atomic mass is 16.1. The van der Waals surface area contributed by atoms with E-state index in [2.05, 4.69) is 4.98 Å². The first-order chi connectivity index (χ1) is 7.22. The number of carbonyl (C=O) groups excluding carboxylic acids is 1. The summed E-state index contributed by atoms with van der Waals surface area (Å²) < 4.78 is 0. The Bertz CT molecular complexity index is 363. The number of ketones is 1. The number of aromatic nitrogens is 1. The molecule has 0 aliphatic rings. The second kappa shape index (κ2) is 4.34. The van der Waals surface area contributed by atoms with Gasteiger partial charge in [0.1, 0.15) is 5.69 Å². The van der Waals surface area contributed by atoms with Gasteiger partial charge in [0.2, 0.25) is 0 Å². The van der Waals surface area contributed by atoms with E-state index in [-0.39, 0.29) is 11.3 Å². The minimum atomic E-state index is -0.480. The first-order valence-electron chi connectivity index (χ1n) is 5.47. The maximum atomic E-state index is 12.2. The Morgan fingerprint density at radius 1 is 1.31 bits per heavy atom. The van der Waals surface area contributed by atoms with Gasteiger partial charge >= 0.3 is 0 Å². The smallest absolute Gasteiger partial charge is 0.186 e. The van der Waals surface area contributed by atoms with Gasteiger partial charge in [-0.15, -0.1) is 0 Å². The number of carbonyl (C=O) groups is 1. The van der Waals surface area contributed by atoms with Crippen molar-refractivity contribution < 1.29 is 4.79 Å². The van der Waals surface area contributed by atoms with Crippen molar-refractivity contribution in [3.63, 3.8) is 0 Å². The summed E-state index contributed by atoms with van der Waals surface area (Å²) in [4.78, 5) is 16.3. The normalized spacial score (nSPS) is 12.6. The van der Waals surface area contributed by atoms with Crippen molar-refractivity contribution in [3.05, 3.63) is 30.1 Å². The van der Waals surface area contributed by atoms with Crippen molar-refractivity contribution in [2.24, 2.45) is 11.1 Å². The predicted molar refractivity (Wildman–Crippen MR) is 65.2 cm³/mol. The number of nitrogens with two attached hydrogens (primary N) is 1. The molecule has 0 amide bonds. The van der Waals surface area contributed by atoms with Gasteiger partial charge in [-0.25, -0.2) is 0 Å². The number of hydrogen-bond acceptors (Lipinski definition) is 3. The third-order valence-corrected chi connectivity index (χ3v) is 2.41. The van der Waals surface area contributed by atoms with Crippen LogP contribution in [-0.4, -0.2) is 16.3 Å². The Kier molecular flexibility index (Phi) is 3.48. The molecule has 0 fully saturated rings. The molecule has 0 saturated heterocycles. The van der Waals surface area contributed by atoms with E-state index in [1.807, 2.05) is 33.8 Å². The summed E-state index contributed by atoms with van der Waals surface area (Å²) >= 11 is 0. The molecule has 1 aromatic rings. The predicted octanol–water partition coefficient (Wildman–Crippen LogP) is 2.42. The molecule has 1 rings (SSSR count). The third-order valence-electron chi connectivity index (χ3n) is 2.41. The molecule has 0 unspecified atom stereocenters. The Labute approximate surface area is 97.1 Å². The van der Waals surface area contributed by atoms with Crippen LogP contribution in [0.5, 0.6) is 0 Å². The molecule has 0 aliphatic carbocycles. The third kappa shape index (κ3) is 3.42. The van der Waals surface area contributed by atoms with Crippen molar-refractivity contribution in [3.8, 4) is 0 Å². The van der Waals surface area contributed by atoms with E-state index >= 15 is 0 Å². The summed E-state index contributed by atoms with van der Waals surface area (Å²) in [6.07, 6.45) is 2.27. The Morgan fingerprint density at radius 2 is 1.94 bits per heavy atom. The SMILES string of the molecule is CC(C)(N)CC(C)(C)C(=O)c1ccccn1. The lowest BCUT2D eigenvalue weighted by atomic mass is 9.76. The van der Waals surface area contributed by atoms with Gasteiger partial charge in [0.25, 0.3) is 0 Å². The molecule has 0 aromatic carbocycles. The molecule has 1 aromatic heterocycles. The maximum absolute atomic E-state index is 12.2. The Hall–Kier alpha value is -1.22. The lowest BCUT2D eigenvalue weighted by molar-refractivity contribution is 0.0792. The molecule has 2 N–H and O–H groups in total. The van der Waals surface area contributed by atoms with Crippen LogP contribution in [0.25, 0.3) is 0 Å². The highest BCUT2D eigenvalue weighted by Gasteiger charge is 2.33. The topological polar surface area (TPSA) is 56.0 Å². The minimum absolute atomic E-state index is 0.0478. The van der Waals surface area contributed by atoms with E-state index in [0.29, 0.717) is 12.1 Å². The van der Waals surface area contributed by atoms with Crippen molar-refractivity contribution >= 4 is 5.78 Å². The molecular weight excluding hydrogens is 200 g/mol. The Balaban J connectivity index is 2.89. The maximum Gasteiger partial charge on any atom is 0.186 e. The molecule has 1 heterocycles. The van der Waals surface area contributed by atoms with Crippen LogP contribution in [0.4, 0.5) is 0 Å². The molecule has 3 heteroatoms. The zero-order valence-corrected chi connectivity index (χ0v) is 10.4. The summed E-state index contributed by atoms with van der Waals surface area (Å²) in [5, 5.41) is 0. The second-order valence-electron chi connectivity index (χ2n) is 5.59. The summed E-state index contributed by atoms with van der Waals surface area (Å²) in [7, 11) is 0. The molecule has 0 spiro atoms. The molecule has 0 aliphatic heterocycles. The monoisotopic (exact) mass is 220 g/mol. The highest BCUT2D eigenvalue weighted by Crippen LogP contribution is 2.29. The molecule has 88 valence electrons. The van der Waals surface area contributed by atoms with Crippen molar-refractivity contribution in [2.45, 2.75) is 39.7 Å². The largest absolute Gasteiger partial charge is 0.326 e. The molecule has 3 nitrogen and oxygen atoms in total. The van der Waals surface area contributed by atoms with Crippen LogP contribution in [0.1, 0.15) is 44.6 Å². The fraction of sp³-hybridized carbons (Fsp3) is 0.538. The van der Waals surface area contributed by atoms with Gasteiger partial charge in [-0.1, -0.05) is 19.9 Å². The average Bonchev–Trinajstić information content (AvgIpc) is 2.14. The standard InChI is InChI=1S/C13H20N2O/c1-12(2,9-13(3,4)14)11(16)10-7-5-6-8-15-10/h5-8H,9,14H2,1-4H3. The van der Waals surface area contributed by atoms with Gasteiger partial charge in [-0.3, -0.25) is 9.78 Å². The van der Waals surface area contributed by atoms with E-state index in [4.69, 9.17) is 5.73 Å². The minimum Gasteiger partial charge on any atom is -0.326 e.